The summed E-state index contributed by atoms with van der Waals surface area (Å²) in [4.78, 5) is 13.8. The summed E-state index contributed by atoms with van der Waals surface area (Å²) >= 11 is 0. The first-order valence-corrected chi connectivity index (χ1v) is 10.8. The Morgan fingerprint density at radius 1 is 1.23 bits per heavy atom. The summed E-state index contributed by atoms with van der Waals surface area (Å²) in [5.74, 6) is 1.35. The number of benzene rings is 1. The largest absolute Gasteiger partial charge is 0.353 e. The summed E-state index contributed by atoms with van der Waals surface area (Å²) in [6.45, 7) is 8.92. The number of aryl methyl sites for hydroxylation is 1. The van der Waals surface area contributed by atoms with Crippen molar-refractivity contribution < 1.29 is 0 Å². The molecule has 2 aliphatic rings. The summed E-state index contributed by atoms with van der Waals surface area (Å²) < 4.78 is 0. The average Bonchev–Trinajstić information content (AvgIpc) is 3.15. The topological polar surface area (TPSA) is 80.1 Å². The molecule has 0 saturated carbocycles. The second kappa shape index (κ2) is 9.14. The highest BCUT2D eigenvalue weighted by molar-refractivity contribution is 5.91. The van der Waals surface area contributed by atoms with Crippen molar-refractivity contribution in [1.82, 2.24) is 14.9 Å². The predicted molar refractivity (Wildman–Crippen MR) is 121 cm³/mol. The van der Waals surface area contributed by atoms with Gasteiger partial charge in [0.15, 0.2) is 0 Å². The molecule has 30 heavy (non-hydrogen) atoms. The second-order valence-corrected chi connectivity index (χ2v) is 7.78. The number of allylic oxidation sites excluding steroid dienone is 1. The Labute approximate surface area is 178 Å². The highest BCUT2D eigenvalue weighted by Crippen LogP contribution is 2.38. The van der Waals surface area contributed by atoms with Crippen LogP contribution >= 0.6 is 0 Å². The first-order valence-electron chi connectivity index (χ1n) is 10.8. The molecule has 1 aromatic heterocycles. The van der Waals surface area contributed by atoms with E-state index < -0.39 is 0 Å². The third-order valence-electron chi connectivity index (χ3n) is 5.75. The lowest BCUT2D eigenvalue weighted by atomic mass is 10.1. The van der Waals surface area contributed by atoms with Crippen LogP contribution in [0, 0.1) is 18.3 Å². The first-order chi connectivity index (χ1) is 14.7. The van der Waals surface area contributed by atoms with Crippen LogP contribution in [0.25, 0.3) is 5.57 Å². The van der Waals surface area contributed by atoms with Gasteiger partial charge in [-0.05, 0) is 57.5 Å². The van der Waals surface area contributed by atoms with Crippen LogP contribution in [-0.4, -0.2) is 47.6 Å². The molecule has 2 aromatic rings. The number of hydrogen-bond acceptors (Lipinski definition) is 7. The minimum Gasteiger partial charge on any atom is -0.353 e. The van der Waals surface area contributed by atoms with E-state index in [4.69, 9.17) is 4.98 Å². The number of nitriles is 1. The summed E-state index contributed by atoms with van der Waals surface area (Å²) in [5.41, 5.74) is 4.17. The molecule has 2 N–H and O–H groups in total. The van der Waals surface area contributed by atoms with Gasteiger partial charge in [-0.1, -0.05) is 18.6 Å². The Morgan fingerprint density at radius 3 is 2.80 bits per heavy atom. The van der Waals surface area contributed by atoms with Crippen LogP contribution in [0.2, 0.25) is 0 Å². The number of nitrogens with one attached hydrogen (secondary N) is 2. The van der Waals surface area contributed by atoms with Crippen LogP contribution in [0.3, 0.4) is 0 Å². The molecule has 0 atom stereocenters. The number of nitrogens with zero attached hydrogens (tertiary/aromatic N) is 5. The van der Waals surface area contributed by atoms with Crippen LogP contribution in [0.1, 0.15) is 37.4 Å². The van der Waals surface area contributed by atoms with Crippen molar-refractivity contribution in [3.63, 3.8) is 0 Å². The summed E-state index contributed by atoms with van der Waals surface area (Å²) in [5, 5.41) is 16.8. The van der Waals surface area contributed by atoms with Crippen molar-refractivity contribution in [3.05, 3.63) is 47.5 Å². The van der Waals surface area contributed by atoms with Gasteiger partial charge in [-0.25, -0.2) is 9.97 Å². The quantitative estimate of drug-likeness (QED) is 0.710. The normalized spacial score (nSPS) is 17.8. The number of aromatic nitrogens is 2. The molecule has 7 nitrogen and oxygen atoms in total. The fraction of sp³-hybridized carbons (Fsp3) is 0.435. The van der Waals surface area contributed by atoms with E-state index in [1.54, 1.807) is 6.20 Å². The van der Waals surface area contributed by atoms with Gasteiger partial charge in [0.25, 0.3) is 0 Å². The molecule has 0 radical (unpaired) electrons. The minimum atomic E-state index is 0.534. The number of piperidine rings is 1. The number of para-hydroxylation sites is 2. The van der Waals surface area contributed by atoms with Crippen LogP contribution < -0.4 is 15.5 Å². The molecule has 0 unspecified atom stereocenters. The van der Waals surface area contributed by atoms with Crippen molar-refractivity contribution in [1.29, 1.82) is 5.26 Å². The third-order valence-corrected chi connectivity index (χ3v) is 5.75. The Bertz CT molecular complexity index is 970. The molecule has 0 amide bonds. The maximum absolute atomic E-state index is 10.0. The van der Waals surface area contributed by atoms with Gasteiger partial charge in [-0.3, -0.25) is 0 Å². The zero-order valence-corrected chi connectivity index (χ0v) is 17.8. The first kappa shape index (κ1) is 20.2. The summed E-state index contributed by atoms with van der Waals surface area (Å²) in [7, 11) is 0. The van der Waals surface area contributed by atoms with Gasteiger partial charge in [0.1, 0.15) is 17.5 Å². The Morgan fingerprint density at radius 2 is 2.03 bits per heavy atom. The number of fused-ring (bicyclic) bond motifs is 1. The van der Waals surface area contributed by atoms with Crippen LogP contribution in [0.4, 0.5) is 17.3 Å². The molecule has 1 fully saturated rings. The van der Waals surface area contributed by atoms with E-state index in [0.717, 1.165) is 42.4 Å². The van der Waals surface area contributed by atoms with E-state index in [9.17, 15) is 5.26 Å². The van der Waals surface area contributed by atoms with Gasteiger partial charge in [0.05, 0.1) is 17.1 Å². The fourth-order valence-electron chi connectivity index (χ4n) is 4.16. The van der Waals surface area contributed by atoms with E-state index >= 15 is 0 Å². The molecule has 1 aromatic carbocycles. The summed E-state index contributed by atoms with van der Waals surface area (Å²) in [6.07, 6.45) is 5.70. The maximum Gasteiger partial charge on any atom is 0.223 e. The lowest BCUT2D eigenvalue weighted by Gasteiger charge is -2.26. The van der Waals surface area contributed by atoms with E-state index in [1.165, 1.54) is 32.4 Å². The Balaban J connectivity index is 1.57. The lowest BCUT2D eigenvalue weighted by Crippen LogP contribution is -2.33. The van der Waals surface area contributed by atoms with Gasteiger partial charge in [0, 0.05) is 25.8 Å². The highest BCUT2D eigenvalue weighted by atomic mass is 15.3. The average molecular weight is 404 g/mol. The molecular weight excluding hydrogens is 374 g/mol. The van der Waals surface area contributed by atoms with E-state index in [0.29, 0.717) is 17.2 Å². The van der Waals surface area contributed by atoms with Crippen molar-refractivity contribution in [2.75, 3.05) is 48.3 Å². The van der Waals surface area contributed by atoms with Crippen molar-refractivity contribution >= 4 is 22.9 Å². The number of likely N-dealkylation sites (tertiary alicyclic amines) is 1. The van der Waals surface area contributed by atoms with E-state index in [-0.39, 0.29) is 0 Å². The number of anilines is 3. The van der Waals surface area contributed by atoms with Gasteiger partial charge < -0.3 is 20.4 Å². The third kappa shape index (κ3) is 4.10. The van der Waals surface area contributed by atoms with E-state index in [1.807, 2.05) is 25.1 Å². The molecule has 2 aliphatic heterocycles. The van der Waals surface area contributed by atoms with Crippen LogP contribution in [-0.2, 0) is 0 Å². The molecule has 1 saturated heterocycles. The fourth-order valence-corrected chi connectivity index (χ4v) is 4.16. The van der Waals surface area contributed by atoms with E-state index in [2.05, 4.69) is 44.5 Å². The van der Waals surface area contributed by atoms with Gasteiger partial charge in [0.2, 0.25) is 5.95 Å². The standard InChI is InChI=1S/C23H29N7/c1-3-30-20-10-6-5-9-19(20)27-22(30)18(15-24)21-17(2)16-26-23(28-21)25-11-14-29-12-7-4-8-13-29/h5-6,9-10,16,27H,3-4,7-8,11-14H2,1-2H3,(H,25,26,28)/b22-18+. The van der Waals surface area contributed by atoms with Crippen molar-refractivity contribution in [2.24, 2.45) is 0 Å². The Kier molecular flexibility index (Phi) is 6.15. The molecule has 4 rings (SSSR count). The zero-order valence-electron chi connectivity index (χ0n) is 17.8. The number of rotatable bonds is 6. The SMILES string of the molecule is CCN1/C(=C(\C#N)c2nc(NCCN3CCCCC3)ncc2C)Nc2ccccc21. The Hall–Kier alpha value is -3.11. The molecule has 156 valence electrons. The molecular formula is C23H29N7. The van der Waals surface area contributed by atoms with Crippen LogP contribution in [0.5, 0.6) is 0 Å². The van der Waals surface area contributed by atoms with Crippen LogP contribution in [0.15, 0.2) is 36.3 Å². The smallest absolute Gasteiger partial charge is 0.223 e. The highest BCUT2D eigenvalue weighted by Gasteiger charge is 2.27. The second-order valence-electron chi connectivity index (χ2n) is 7.78. The lowest BCUT2D eigenvalue weighted by molar-refractivity contribution is 0.237. The zero-order chi connectivity index (χ0) is 20.9. The molecule has 3 heterocycles. The number of hydrogen-bond donors (Lipinski definition) is 2. The molecule has 0 bridgehead atoms. The van der Waals surface area contributed by atoms with Gasteiger partial charge in [-0.2, -0.15) is 5.26 Å². The molecule has 0 aliphatic carbocycles. The maximum atomic E-state index is 10.0. The van der Waals surface area contributed by atoms with Gasteiger partial charge >= 0.3 is 0 Å². The predicted octanol–water partition coefficient (Wildman–Crippen LogP) is 3.83. The molecule has 0 spiro atoms. The monoisotopic (exact) mass is 403 g/mol. The molecule has 7 heteroatoms. The van der Waals surface area contributed by atoms with Gasteiger partial charge in [-0.15, -0.1) is 0 Å². The van der Waals surface area contributed by atoms with Crippen molar-refractivity contribution in [2.45, 2.75) is 33.1 Å². The van der Waals surface area contributed by atoms with Crippen molar-refractivity contribution in [3.8, 4) is 6.07 Å². The summed E-state index contributed by atoms with van der Waals surface area (Å²) in [6, 6.07) is 10.5. The minimum absolute atomic E-state index is 0.534.